The van der Waals surface area contributed by atoms with Gasteiger partial charge >= 0.3 is 308 Å². The van der Waals surface area contributed by atoms with Crippen LogP contribution in [0.5, 0.6) is 0 Å². The van der Waals surface area contributed by atoms with Crippen molar-refractivity contribution < 1.29 is 75.1 Å². The average molecular weight is 1050 g/mol. The van der Waals surface area contributed by atoms with Crippen molar-refractivity contribution in [3.8, 4) is 0 Å². The fourth-order valence-corrected chi connectivity index (χ4v) is 13.7. The van der Waals surface area contributed by atoms with E-state index in [0.717, 1.165) is 65.6 Å². The standard InChI is InChI=1S/C16H33N2O4P.C15H31N2O4P.2W/c1-6-19-11-16-10-18(8-14(3)22-16)23(5)20-12-15-9-17(4)7-13(2)21-15;1-5-18-10-15-9-17(8-13(3)21-15)22(4)19-11-14-7-16-6-12(2)20-14;;/h13-16H,6-12H2,1-5H3;12-16H,5-11H2,1-4H3;;. The molecule has 4 rings (SSSR count). The second-order valence-corrected chi connectivity index (χ2v) is 32.9. The van der Waals surface area contributed by atoms with Gasteiger partial charge in [0.05, 0.1) is 0 Å². The Labute approximate surface area is 306 Å². The molecule has 0 aromatic rings. The van der Waals surface area contributed by atoms with Gasteiger partial charge in [0.2, 0.25) is 0 Å². The van der Waals surface area contributed by atoms with Gasteiger partial charge in [-0.15, -0.1) is 0 Å². The van der Waals surface area contributed by atoms with E-state index in [2.05, 4.69) is 67.6 Å². The maximum absolute atomic E-state index is 6.43. The van der Waals surface area contributed by atoms with Gasteiger partial charge in [0.1, 0.15) is 0 Å². The summed E-state index contributed by atoms with van der Waals surface area (Å²) in [5.41, 5.74) is 0. The molecule has 0 aliphatic carbocycles. The molecule has 278 valence electrons. The molecular formula is C31H64N4O8P2W2. The molecule has 10 atom stereocenters. The Morgan fingerprint density at radius 1 is 0.596 bits per heavy atom. The Hall–Kier alpha value is 1.76. The van der Waals surface area contributed by atoms with Gasteiger partial charge in [0.15, 0.2) is 0 Å². The van der Waals surface area contributed by atoms with Crippen molar-refractivity contribution in [2.24, 2.45) is 0 Å². The van der Waals surface area contributed by atoms with E-state index < -0.39 is 10.5 Å². The van der Waals surface area contributed by atoms with Crippen LogP contribution in [0, 0.1) is 0 Å². The number of nitrogens with zero attached hydrogens (tertiary/aromatic N) is 3. The quantitative estimate of drug-likeness (QED) is 0.259. The second-order valence-electron chi connectivity index (χ2n) is 13.4. The van der Waals surface area contributed by atoms with Crippen LogP contribution in [-0.2, 0) is 75.1 Å². The van der Waals surface area contributed by atoms with Crippen LogP contribution in [0.25, 0.3) is 0 Å². The molecule has 12 nitrogen and oxygen atoms in total. The molecule has 10 unspecified atom stereocenters. The summed E-state index contributed by atoms with van der Waals surface area (Å²) in [4.78, 5) is 2.33. The van der Waals surface area contributed by atoms with E-state index in [0.29, 0.717) is 26.4 Å². The first kappa shape index (κ1) is 43.2. The predicted octanol–water partition coefficient (Wildman–Crippen LogP) is 3.23. The van der Waals surface area contributed by atoms with Crippen molar-refractivity contribution in [3.05, 3.63) is 0 Å². The van der Waals surface area contributed by atoms with Crippen molar-refractivity contribution in [2.75, 3.05) is 112 Å². The van der Waals surface area contributed by atoms with E-state index >= 15 is 0 Å². The zero-order valence-electron chi connectivity index (χ0n) is 30.3. The van der Waals surface area contributed by atoms with Crippen molar-refractivity contribution >= 4 is 10.5 Å². The summed E-state index contributed by atoms with van der Waals surface area (Å²) in [7, 11) is 2.15. The minimum absolute atomic E-state index is 0.146. The zero-order valence-corrected chi connectivity index (χ0v) is 38.0. The Morgan fingerprint density at radius 2 is 1.02 bits per heavy atom. The van der Waals surface area contributed by atoms with Gasteiger partial charge in [-0.3, -0.25) is 0 Å². The molecule has 4 heterocycles. The number of ether oxygens (including phenoxy) is 6. The third kappa shape index (κ3) is 15.7. The van der Waals surface area contributed by atoms with Gasteiger partial charge in [0, 0.05) is 0 Å². The van der Waals surface area contributed by atoms with Crippen molar-refractivity contribution in [1.29, 1.82) is 0 Å². The summed E-state index contributed by atoms with van der Waals surface area (Å²) in [5.74, 6) is 0. The summed E-state index contributed by atoms with van der Waals surface area (Å²) >= 11 is 3.05. The molecule has 4 aliphatic heterocycles. The van der Waals surface area contributed by atoms with Gasteiger partial charge in [-0.2, -0.15) is 0 Å². The van der Waals surface area contributed by atoms with Gasteiger partial charge in [-0.05, 0) is 0 Å². The molecule has 0 radical (unpaired) electrons. The molecule has 4 aliphatic rings. The van der Waals surface area contributed by atoms with E-state index in [1.807, 2.05) is 13.8 Å². The molecule has 0 aromatic heterocycles. The summed E-state index contributed by atoms with van der Waals surface area (Å²) in [6, 6.07) is 0. The molecule has 1 N–H and O–H groups in total. The number of nitrogens with one attached hydrogen (secondary N) is 1. The summed E-state index contributed by atoms with van der Waals surface area (Å²) in [6.45, 7) is 28.7. The van der Waals surface area contributed by atoms with Crippen LogP contribution in [0.3, 0.4) is 0 Å². The fourth-order valence-electron chi connectivity index (χ4n) is 6.26. The first-order valence-corrected chi connectivity index (χ1v) is 29.2. The normalized spacial score (nSPS) is 35.8. The van der Waals surface area contributed by atoms with Crippen LogP contribution in [0.1, 0.15) is 41.5 Å². The van der Waals surface area contributed by atoms with Crippen LogP contribution in [0.15, 0.2) is 0 Å². The van der Waals surface area contributed by atoms with E-state index in [4.69, 9.17) is 37.5 Å². The van der Waals surface area contributed by atoms with Crippen LogP contribution in [0.2, 0.25) is 0 Å². The predicted molar refractivity (Wildman–Crippen MR) is 181 cm³/mol. The van der Waals surface area contributed by atoms with Crippen LogP contribution in [-0.4, -0.2) is 175 Å². The monoisotopic (exact) mass is 1050 g/mol. The SMILES string of the molecule is CCOCC1CN([P](C)(=[W])OCC2CN(C)CC(C)O2)CC(C)O1.CCOCC1CN([P](C)(=[W])OCC2CNCC(C)O2)CC(C)O1. The first-order valence-electron chi connectivity index (χ1n) is 17.3. The van der Waals surface area contributed by atoms with E-state index in [9.17, 15) is 0 Å². The average Bonchev–Trinajstić information content (AvgIpc) is 3.00. The summed E-state index contributed by atoms with van der Waals surface area (Å²) in [5, 5.41) is 0.316. The first-order chi connectivity index (χ1) is 22.2. The van der Waals surface area contributed by atoms with Crippen LogP contribution in [0.4, 0.5) is 0 Å². The second kappa shape index (κ2) is 21.5. The van der Waals surface area contributed by atoms with Gasteiger partial charge in [-0.1, -0.05) is 0 Å². The van der Waals surface area contributed by atoms with E-state index in [-0.39, 0.29) is 48.8 Å². The topological polar surface area (TPSA) is 95.6 Å². The van der Waals surface area contributed by atoms with Crippen molar-refractivity contribution in [2.45, 2.75) is 90.4 Å². The molecule has 0 aromatic carbocycles. The van der Waals surface area contributed by atoms with E-state index in [1.165, 1.54) is 37.6 Å². The molecular weight excluding hydrogens is 986 g/mol. The Balaban J connectivity index is 0.000000256. The summed E-state index contributed by atoms with van der Waals surface area (Å²) in [6.07, 6.45) is 1.63. The third-order valence-electron chi connectivity index (χ3n) is 8.39. The molecule has 4 saturated heterocycles. The Morgan fingerprint density at radius 3 is 1.47 bits per heavy atom. The number of hydrogen-bond donors (Lipinski definition) is 1. The number of morpholine rings is 4. The fraction of sp³-hybridized carbons (Fsp3) is 1.00. The van der Waals surface area contributed by atoms with Crippen molar-refractivity contribution in [1.82, 2.24) is 19.6 Å². The molecule has 4 fully saturated rings. The Kier molecular flexibility index (Phi) is 19.7. The van der Waals surface area contributed by atoms with Gasteiger partial charge < -0.3 is 0 Å². The number of likely N-dealkylation sites (N-methyl/N-ethyl adjacent to an activating group) is 1. The summed E-state index contributed by atoms with van der Waals surface area (Å²) < 4.78 is 52.9. The van der Waals surface area contributed by atoms with Gasteiger partial charge in [-0.25, -0.2) is 0 Å². The number of rotatable bonds is 14. The molecule has 0 saturated carbocycles. The maximum atomic E-state index is 6.43. The zero-order chi connectivity index (χ0) is 34.6. The number of hydrogen-bond acceptors (Lipinski definition) is 12. The molecule has 0 amide bonds. The molecule has 0 bridgehead atoms. The van der Waals surface area contributed by atoms with Crippen LogP contribution >= 0.6 is 10.5 Å². The van der Waals surface area contributed by atoms with E-state index in [1.54, 1.807) is 0 Å². The molecule has 0 spiro atoms. The molecule has 16 heteroatoms. The van der Waals surface area contributed by atoms with Crippen LogP contribution < -0.4 is 5.32 Å². The Bertz CT molecular complexity index is 999. The van der Waals surface area contributed by atoms with Crippen molar-refractivity contribution in [3.63, 3.8) is 0 Å². The third-order valence-corrected chi connectivity index (χ3v) is 19.6. The molecule has 47 heavy (non-hydrogen) atoms. The van der Waals surface area contributed by atoms with Gasteiger partial charge in [0.25, 0.3) is 0 Å². The minimum atomic E-state index is -1.55.